The van der Waals surface area contributed by atoms with E-state index < -0.39 is 0 Å². The lowest BCUT2D eigenvalue weighted by Crippen LogP contribution is -2.39. The molecule has 6 heteroatoms. The summed E-state index contributed by atoms with van der Waals surface area (Å²) in [5.41, 5.74) is 6.51. The van der Waals surface area contributed by atoms with Crippen LogP contribution >= 0.6 is 23.2 Å². The summed E-state index contributed by atoms with van der Waals surface area (Å²) >= 11 is 12.4. The van der Waals surface area contributed by atoms with Crippen LogP contribution in [0.3, 0.4) is 0 Å². The van der Waals surface area contributed by atoms with Crippen LogP contribution < -0.4 is 10.6 Å². The van der Waals surface area contributed by atoms with Gasteiger partial charge >= 0.3 is 0 Å². The molecule has 1 aliphatic rings. The number of hydrogen-bond acceptors (Lipinski definition) is 1. The fraction of sp³-hybridized carbons (Fsp3) is 0.385. The van der Waals surface area contributed by atoms with E-state index in [2.05, 4.69) is 4.99 Å². The number of rotatable bonds is 3. The molecule has 0 heterocycles. The summed E-state index contributed by atoms with van der Waals surface area (Å²) in [5.74, 6) is 0.337. The van der Waals surface area contributed by atoms with Crippen molar-refractivity contribution in [2.75, 3.05) is 11.4 Å². The van der Waals surface area contributed by atoms with Gasteiger partial charge in [-0.2, -0.15) is 4.99 Å². The zero-order chi connectivity index (χ0) is 14.0. The number of amides is 1. The van der Waals surface area contributed by atoms with Gasteiger partial charge in [0.1, 0.15) is 0 Å². The molecule has 1 fully saturated rings. The summed E-state index contributed by atoms with van der Waals surface area (Å²) in [7, 11) is 0. The third-order valence-corrected chi connectivity index (χ3v) is 3.50. The normalized spacial score (nSPS) is 15.4. The van der Waals surface area contributed by atoms with Crippen LogP contribution in [0.2, 0.25) is 10.0 Å². The van der Waals surface area contributed by atoms with E-state index in [-0.39, 0.29) is 11.9 Å². The van der Waals surface area contributed by atoms with Gasteiger partial charge < -0.3 is 10.6 Å². The molecule has 2 rings (SSSR count). The highest BCUT2D eigenvalue weighted by Gasteiger charge is 2.28. The molecule has 0 spiro atoms. The van der Waals surface area contributed by atoms with Crippen LogP contribution in [-0.4, -0.2) is 18.4 Å². The van der Waals surface area contributed by atoms with Gasteiger partial charge in [-0.15, -0.1) is 0 Å². The van der Waals surface area contributed by atoms with E-state index >= 15 is 0 Å². The Morgan fingerprint density at radius 1 is 1.42 bits per heavy atom. The molecule has 0 atom stereocenters. The third kappa shape index (κ3) is 3.61. The molecule has 19 heavy (non-hydrogen) atoms. The lowest BCUT2D eigenvalue weighted by atomic mass is 10.2. The van der Waals surface area contributed by atoms with E-state index in [0.29, 0.717) is 28.2 Å². The molecule has 4 nitrogen and oxygen atoms in total. The molecule has 0 saturated heterocycles. The Kier molecular flexibility index (Phi) is 4.32. The van der Waals surface area contributed by atoms with Crippen molar-refractivity contribution in [3.63, 3.8) is 0 Å². The Balaban J connectivity index is 2.39. The van der Waals surface area contributed by atoms with Crippen LogP contribution in [-0.2, 0) is 4.79 Å². The number of anilines is 1. The number of aliphatic imine (C=N–C) groups is 1. The Labute approximate surface area is 122 Å². The van der Waals surface area contributed by atoms with Gasteiger partial charge in [0.2, 0.25) is 11.9 Å². The van der Waals surface area contributed by atoms with Crippen molar-refractivity contribution < 1.29 is 4.79 Å². The standard InChI is InChI=1S/C13H15Cl2N3O/c1-8(19)17-13(16)18(7-9-5-6-9)12-10(14)3-2-4-11(12)15/h2-4,9H,5-7H2,1H3,(H2,16,17,19). The number of hydrogen-bond donors (Lipinski definition) is 1. The van der Waals surface area contributed by atoms with Crippen molar-refractivity contribution in [1.82, 2.24) is 0 Å². The lowest BCUT2D eigenvalue weighted by molar-refractivity contribution is -0.115. The minimum Gasteiger partial charge on any atom is -0.369 e. The highest BCUT2D eigenvalue weighted by atomic mass is 35.5. The maximum Gasteiger partial charge on any atom is 0.245 e. The topological polar surface area (TPSA) is 58.7 Å². The van der Waals surface area contributed by atoms with Crippen LogP contribution in [0.1, 0.15) is 19.8 Å². The van der Waals surface area contributed by atoms with Gasteiger partial charge in [-0.3, -0.25) is 4.79 Å². The zero-order valence-electron chi connectivity index (χ0n) is 10.6. The Bertz CT molecular complexity index is 506. The van der Waals surface area contributed by atoms with E-state index in [1.54, 1.807) is 23.1 Å². The van der Waals surface area contributed by atoms with Crippen LogP contribution in [0, 0.1) is 5.92 Å². The van der Waals surface area contributed by atoms with Crippen LogP contribution in [0.25, 0.3) is 0 Å². The first kappa shape index (κ1) is 14.2. The Morgan fingerprint density at radius 3 is 2.47 bits per heavy atom. The molecule has 0 aromatic heterocycles. The maximum atomic E-state index is 11.1. The molecule has 0 radical (unpaired) electrons. The van der Waals surface area contributed by atoms with E-state index in [1.165, 1.54) is 6.92 Å². The van der Waals surface area contributed by atoms with Crippen molar-refractivity contribution in [3.8, 4) is 0 Å². The second-order valence-electron chi connectivity index (χ2n) is 4.61. The van der Waals surface area contributed by atoms with E-state index in [1.807, 2.05) is 0 Å². The Morgan fingerprint density at radius 2 is 2.00 bits per heavy atom. The SMILES string of the molecule is CC(=O)N=C(N)N(CC1CC1)c1c(Cl)cccc1Cl. The van der Waals surface area contributed by atoms with Gasteiger partial charge in [-0.05, 0) is 30.9 Å². The van der Waals surface area contributed by atoms with Gasteiger partial charge in [0.15, 0.2) is 0 Å². The lowest BCUT2D eigenvalue weighted by Gasteiger charge is -2.25. The average Bonchev–Trinajstić information content (AvgIpc) is 3.10. The fourth-order valence-electron chi connectivity index (χ4n) is 1.83. The van der Waals surface area contributed by atoms with E-state index in [4.69, 9.17) is 28.9 Å². The number of benzene rings is 1. The number of carbonyl (C=O) groups excluding carboxylic acids is 1. The van der Waals surface area contributed by atoms with Crippen LogP contribution in [0.4, 0.5) is 5.69 Å². The smallest absolute Gasteiger partial charge is 0.245 e. The quantitative estimate of drug-likeness (QED) is 0.689. The first-order valence-electron chi connectivity index (χ1n) is 6.05. The zero-order valence-corrected chi connectivity index (χ0v) is 12.1. The molecule has 2 N–H and O–H groups in total. The van der Waals surface area contributed by atoms with Crippen molar-refractivity contribution in [1.29, 1.82) is 0 Å². The van der Waals surface area contributed by atoms with Gasteiger partial charge in [-0.25, -0.2) is 0 Å². The first-order chi connectivity index (χ1) is 8.99. The van der Waals surface area contributed by atoms with Crippen molar-refractivity contribution in [2.45, 2.75) is 19.8 Å². The summed E-state index contributed by atoms with van der Waals surface area (Å²) in [5, 5.41) is 0.990. The van der Waals surface area contributed by atoms with Crippen molar-refractivity contribution >= 4 is 40.8 Å². The van der Waals surface area contributed by atoms with Crippen molar-refractivity contribution in [2.24, 2.45) is 16.6 Å². The molecule has 1 aromatic rings. The Hall–Kier alpha value is -1.26. The molecule has 1 aliphatic carbocycles. The number of guanidine groups is 1. The first-order valence-corrected chi connectivity index (χ1v) is 6.81. The number of carbonyl (C=O) groups is 1. The molecule has 0 aliphatic heterocycles. The van der Waals surface area contributed by atoms with E-state index in [9.17, 15) is 4.79 Å². The average molecular weight is 300 g/mol. The third-order valence-electron chi connectivity index (χ3n) is 2.89. The molecule has 0 unspecified atom stereocenters. The molecular formula is C13H15Cl2N3O. The molecule has 1 saturated carbocycles. The van der Waals surface area contributed by atoms with Gasteiger partial charge in [0, 0.05) is 13.5 Å². The summed E-state index contributed by atoms with van der Waals surface area (Å²) in [6, 6.07) is 5.25. The van der Waals surface area contributed by atoms with Gasteiger partial charge in [0.05, 0.1) is 15.7 Å². The predicted molar refractivity (Wildman–Crippen MR) is 78.8 cm³/mol. The van der Waals surface area contributed by atoms with Gasteiger partial charge in [0.25, 0.3) is 0 Å². The molecular weight excluding hydrogens is 285 g/mol. The minimum absolute atomic E-state index is 0.134. The predicted octanol–water partition coefficient (Wildman–Crippen LogP) is 3.07. The fourth-order valence-corrected chi connectivity index (χ4v) is 2.43. The van der Waals surface area contributed by atoms with Crippen LogP contribution in [0.5, 0.6) is 0 Å². The van der Waals surface area contributed by atoms with E-state index in [0.717, 1.165) is 12.8 Å². The number of nitrogens with two attached hydrogens (primary N) is 1. The second kappa shape index (κ2) is 5.80. The molecule has 1 aromatic carbocycles. The summed E-state index contributed by atoms with van der Waals surface area (Å²) in [4.78, 5) is 16.6. The second-order valence-corrected chi connectivity index (χ2v) is 5.43. The highest BCUT2D eigenvalue weighted by molar-refractivity contribution is 6.40. The minimum atomic E-state index is -0.346. The number of para-hydroxylation sites is 1. The van der Waals surface area contributed by atoms with Crippen LogP contribution in [0.15, 0.2) is 23.2 Å². The summed E-state index contributed by atoms with van der Waals surface area (Å²) in [6.07, 6.45) is 2.29. The van der Waals surface area contributed by atoms with Crippen molar-refractivity contribution in [3.05, 3.63) is 28.2 Å². The molecule has 102 valence electrons. The number of halogens is 2. The van der Waals surface area contributed by atoms with Gasteiger partial charge in [-0.1, -0.05) is 29.3 Å². The summed E-state index contributed by atoms with van der Waals surface area (Å²) < 4.78 is 0. The highest BCUT2D eigenvalue weighted by Crippen LogP contribution is 2.37. The molecule has 1 amide bonds. The number of nitrogens with zero attached hydrogens (tertiary/aromatic N) is 2. The maximum absolute atomic E-state index is 11.1. The summed E-state index contributed by atoms with van der Waals surface area (Å²) in [6.45, 7) is 2.03. The molecule has 0 bridgehead atoms. The largest absolute Gasteiger partial charge is 0.369 e. The monoisotopic (exact) mass is 299 g/mol.